The van der Waals surface area contributed by atoms with Gasteiger partial charge in [-0.25, -0.2) is 0 Å². The Hall–Kier alpha value is -1.07. The number of fused-ring (bicyclic) bond motifs is 3. The third-order valence-corrected chi connectivity index (χ3v) is 2.63. The summed E-state index contributed by atoms with van der Waals surface area (Å²) >= 11 is 0. The summed E-state index contributed by atoms with van der Waals surface area (Å²) in [6.45, 7) is 0. The van der Waals surface area contributed by atoms with E-state index in [1.54, 1.807) is 0 Å². The van der Waals surface area contributed by atoms with E-state index in [0.29, 0.717) is 0 Å². The van der Waals surface area contributed by atoms with Crippen molar-refractivity contribution in [1.29, 1.82) is 0 Å². The molecule has 0 bridgehead atoms. The second kappa shape index (κ2) is 4.43. The van der Waals surface area contributed by atoms with E-state index in [2.05, 4.69) is 24.3 Å². The molecule has 1 atom stereocenters. The van der Waals surface area contributed by atoms with Crippen molar-refractivity contribution in [2.45, 2.75) is 6.23 Å². The molecule has 0 radical (unpaired) electrons. The van der Waals surface area contributed by atoms with Crippen LogP contribution in [-0.4, -0.2) is 6.23 Å². The predicted molar refractivity (Wildman–Crippen MR) is 77.0 cm³/mol. The van der Waals surface area contributed by atoms with Crippen LogP contribution in [0.1, 0.15) is 5.56 Å². The molecule has 3 heteroatoms. The number of halogens is 1. The Morgan fingerprint density at radius 2 is 1.88 bits per heavy atom. The lowest BCUT2D eigenvalue weighted by Crippen LogP contribution is -2.26. The highest BCUT2D eigenvalue weighted by molar-refractivity contribution is 14.0. The molecule has 2 aromatic carbocycles. The van der Waals surface area contributed by atoms with Gasteiger partial charge < -0.3 is 4.74 Å². The standard InChI is InChI=1S/C13H11NO.HI/c14-12-8-7-10-6-5-9-3-1-2-4-11(9)13(10)15-12;/h1-8,12H,14H2;1H. The molecule has 0 fully saturated rings. The molecular formula is C13H12INO. The van der Waals surface area contributed by atoms with E-state index < -0.39 is 0 Å². The summed E-state index contributed by atoms with van der Waals surface area (Å²) in [6, 6.07) is 12.3. The lowest BCUT2D eigenvalue weighted by molar-refractivity contribution is 0.257. The van der Waals surface area contributed by atoms with E-state index in [1.165, 1.54) is 5.39 Å². The van der Waals surface area contributed by atoms with Crippen LogP contribution in [0.2, 0.25) is 0 Å². The Morgan fingerprint density at radius 3 is 2.75 bits per heavy atom. The molecule has 16 heavy (non-hydrogen) atoms. The molecule has 0 amide bonds. The van der Waals surface area contributed by atoms with E-state index in [9.17, 15) is 0 Å². The molecular weight excluding hydrogens is 313 g/mol. The maximum Gasteiger partial charge on any atom is 0.167 e. The lowest BCUT2D eigenvalue weighted by atomic mass is 10.0. The average molecular weight is 325 g/mol. The van der Waals surface area contributed by atoms with Crippen molar-refractivity contribution in [2.75, 3.05) is 0 Å². The van der Waals surface area contributed by atoms with Crippen molar-refractivity contribution in [3.63, 3.8) is 0 Å². The smallest absolute Gasteiger partial charge is 0.167 e. The summed E-state index contributed by atoms with van der Waals surface area (Å²) in [6.07, 6.45) is 3.54. The van der Waals surface area contributed by atoms with E-state index in [-0.39, 0.29) is 30.2 Å². The zero-order valence-electron chi connectivity index (χ0n) is 8.59. The van der Waals surface area contributed by atoms with Gasteiger partial charge in [0.25, 0.3) is 0 Å². The van der Waals surface area contributed by atoms with Crippen LogP contribution in [0.5, 0.6) is 5.75 Å². The zero-order chi connectivity index (χ0) is 10.3. The summed E-state index contributed by atoms with van der Waals surface area (Å²) in [4.78, 5) is 0. The first kappa shape index (κ1) is 11.4. The van der Waals surface area contributed by atoms with Gasteiger partial charge >= 0.3 is 0 Å². The van der Waals surface area contributed by atoms with Crippen LogP contribution in [-0.2, 0) is 0 Å². The van der Waals surface area contributed by atoms with Gasteiger partial charge in [0.15, 0.2) is 6.23 Å². The molecule has 0 aliphatic carbocycles. The topological polar surface area (TPSA) is 35.2 Å². The highest BCUT2D eigenvalue weighted by Gasteiger charge is 2.13. The van der Waals surface area contributed by atoms with Crippen molar-refractivity contribution in [3.8, 4) is 5.75 Å². The first-order valence-electron chi connectivity index (χ1n) is 4.97. The monoisotopic (exact) mass is 325 g/mol. The Morgan fingerprint density at radius 1 is 1.06 bits per heavy atom. The second-order valence-electron chi connectivity index (χ2n) is 3.65. The van der Waals surface area contributed by atoms with Gasteiger partial charge in [0.1, 0.15) is 5.75 Å². The minimum atomic E-state index is -0.330. The van der Waals surface area contributed by atoms with E-state index in [4.69, 9.17) is 10.5 Å². The summed E-state index contributed by atoms with van der Waals surface area (Å²) in [7, 11) is 0. The van der Waals surface area contributed by atoms with Crippen LogP contribution in [0, 0.1) is 0 Å². The number of nitrogens with two attached hydrogens (primary N) is 1. The van der Waals surface area contributed by atoms with E-state index in [1.807, 2.05) is 24.3 Å². The minimum Gasteiger partial charge on any atom is -0.471 e. The molecule has 1 aliphatic rings. The van der Waals surface area contributed by atoms with Gasteiger partial charge in [0.05, 0.1) is 0 Å². The van der Waals surface area contributed by atoms with Gasteiger partial charge in [-0.3, -0.25) is 5.73 Å². The Bertz CT molecular complexity index is 551. The average Bonchev–Trinajstić information content (AvgIpc) is 2.29. The molecule has 1 aliphatic heterocycles. The van der Waals surface area contributed by atoms with Gasteiger partial charge in [-0.2, -0.15) is 0 Å². The van der Waals surface area contributed by atoms with Crippen molar-refractivity contribution >= 4 is 40.8 Å². The van der Waals surface area contributed by atoms with Gasteiger partial charge in [0.2, 0.25) is 0 Å². The fourth-order valence-corrected chi connectivity index (χ4v) is 1.90. The van der Waals surface area contributed by atoms with Crippen LogP contribution in [0.3, 0.4) is 0 Å². The first-order chi connectivity index (χ1) is 7.34. The minimum absolute atomic E-state index is 0. The Balaban J connectivity index is 0.000000963. The van der Waals surface area contributed by atoms with Crippen LogP contribution in [0.15, 0.2) is 42.5 Å². The second-order valence-corrected chi connectivity index (χ2v) is 3.65. The van der Waals surface area contributed by atoms with Crippen molar-refractivity contribution < 1.29 is 4.74 Å². The third-order valence-electron chi connectivity index (χ3n) is 2.63. The van der Waals surface area contributed by atoms with Gasteiger partial charge in [-0.1, -0.05) is 42.5 Å². The third kappa shape index (κ3) is 1.81. The number of hydrogen-bond acceptors (Lipinski definition) is 2. The fourth-order valence-electron chi connectivity index (χ4n) is 1.90. The van der Waals surface area contributed by atoms with Crippen molar-refractivity contribution in [2.24, 2.45) is 5.73 Å². The summed E-state index contributed by atoms with van der Waals surface area (Å²) in [5.41, 5.74) is 6.82. The lowest BCUT2D eigenvalue weighted by Gasteiger charge is -2.19. The largest absolute Gasteiger partial charge is 0.471 e. The van der Waals surface area contributed by atoms with E-state index >= 15 is 0 Å². The maximum atomic E-state index is 5.73. The summed E-state index contributed by atoms with van der Waals surface area (Å²) in [5, 5.41) is 2.30. The quantitative estimate of drug-likeness (QED) is 0.755. The molecule has 2 aromatic rings. The van der Waals surface area contributed by atoms with Gasteiger partial charge in [-0.15, -0.1) is 24.0 Å². The fraction of sp³-hybridized carbons (Fsp3) is 0.0769. The van der Waals surface area contributed by atoms with Crippen LogP contribution in [0.4, 0.5) is 0 Å². The molecule has 2 N–H and O–H groups in total. The summed E-state index contributed by atoms with van der Waals surface area (Å²) in [5.74, 6) is 0.892. The Kier molecular flexibility index (Phi) is 3.16. The van der Waals surface area contributed by atoms with Crippen molar-refractivity contribution in [1.82, 2.24) is 0 Å². The molecule has 3 rings (SSSR count). The molecule has 0 spiro atoms. The molecule has 0 saturated heterocycles. The van der Waals surface area contributed by atoms with Crippen molar-refractivity contribution in [3.05, 3.63) is 48.0 Å². The number of benzene rings is 2. The number of ether oxygens (including phenoxy) is 1. The number of hydrogen-bond donors (Lipinski definition) is 1. The van der Waals surface area contributed by atoms with Gasteiger partial charge in [-0.05, 0) is 11.5 Å². The van der Waals surface area contributed by atoms with E-state index in [0.717, 1.165) is 16.7 Å². The highest BCUT2D eigenvalue weighted by atomic mass is 127. The number of rotatable bonds is 0. The summed E-state index contributed by atoms with van der Waals surface area (Å²) < 4.78 is 5.64. The molecule has 1 heterocycles. The predicted octanol–water partition coefficient (Wildman–Crippen LogP) is 3.15. The molecule has 0 aromatic heterocycles. The molecule has 1 unspecified atom stereocenters. The SMILES string of the molecule is I.NC1C=Cc2ccc3ccccc3c2O1. The maximum absolute atomic E-state index is 5.73. The molecule has 0 saturated carbocycles. The highest BCUT2D eigenvalue weighted by Crippen LogP contribution is 2.33. The van der Waals surface area contributed by atoms with Crippen LogP contribution >= 0.6 is 24.0 Å². The van der Waals surface area contributed by atoms with Gasteiger partial charge in [0, 0.05) is 10.9 Å². The zero-order valence-corrected chi connectivity index (χ0v) is 10.9. The molecule has 82 valence electrons. The van der Waals surface area contributed by atoms with Crippen LogP contribution < -0.4 is 10.5 Å². The van der Waals surface area contributed by atoms with Crippen LogP contribution in [0.25, 0.3) is 16.8 Å². The molecule has 2 nitrogen and oxygen atoms in total. The Labute approximate surface area is 111 Å². The normalized spacial score (nSPS) is 17.4. The first-order valence-corrected chi connectivity index (χ1v) is 4.97.